The Morgan fingerprint density at radius 1 is 1.24 bits per heavy atom. The lowest BCUT2D eigenvalue weighted by Gasteiger charge is -2.08. The maximum atomic E-state index is 13.4. The fourth-order valence-corrected chi connectivity index (χ4v) is 1.31. The Morgan fingerprint density at radius 2 is 1.94 bits per heavy atom. The highest BCUT2D eigenvalue weighted by Crippen LogP contribution is 2.20. The second kappa shape index (κ2) is 6.15. The van der Waals surface area contributed by atoms with E-state index in [9.17, 15) is 13.6 Å². The first kappa shape index (κ1) is 13.4. The van der Waals surface area contributed by atoms with Crippen LogP contribution in [0.4, 0.5) is 14.5 Å². The summed E-state index contributed by atoms with van der Waals surface area (Å²) in [5.41, 5.74) is -0.770. The van der Waals surface area contributed by atoms with Gasteiger partial charge < -0.3 is 15.5 Å². The fraction of sp³-hybridized carbons (Fsp3) is 0.364. The van der Waals surface area contributed by atoms with Gasteiger partial charge in [-0.25, -0.2) is 13.6 Å². The lowest BCUT2D eigenvalue weighted by Crippen LogP contribution is -2.08. The van der Waals surface area contributed by atoms with Gasteiger partial charge in [-0.3, -0.25) is 0 Å². The summed E-state index contributed by atoms with van der Waals surface area (Å²) in [6.45, 7) is 0.416. The van der Waals surface area contributed by atoms with Crippen molar-refractivity contribution in [3.05, 3.63) is 29.3 Å². The topological polar surface area (TPSA) is 69.6 Å². The van der Waals surface area contributed by atoms with Gasteiger partial charge in [-0.15, -0.1) is 0 Å². The molecule has 1 rings (SSSR count). The average molecular weight is 245 g/mol. The van der Waals surface area contributed by atoms with Crippen LogP contribution in [0.25, 0.3) is 0 Å². The molecule has 0 fully saturated rings. The molecular formula is C11H13F2NO3. The molecule has 4 nitrogen and oxygen atoms in total. The molecule has 0 spiro atoms. The predicted octanol–water partition coefficient (Wildman–Crippen LogP) is 1.85. The monoisotopic (exact) mass is 245 g/mol. The number of hydrogen-bond acceptors (Lipinski definition) is 3. The summed E-state index contributed by atoms with van der Waals surface area (Å²) in [6, 6.07) is 2.19. The standard InChI is InChI=1S/C11H13F2NO3/c12-9-7(11(16)17)3-4-8(10(9)13)14-5-1-2-6-15/h3-4,14-15H,1-2,5-6H2,(H,16,17). The van der Waals surface area contributed by atoms with Gasteiger partial charge in [0.2, 0.25) is 0 Å². The molecule has 0 heterocycles. The van der Waals surface area contributed by atoms with Gasteiger partial charge in [-0.2, -0.15) is 0 Å². The van der Waals surface area contributed by atoms with Crippen LogP contribution in [-0.4, -0.2) is 29.3 Å². The number of benzene rings is 1. The van der Waals surface area contributed by atoms with Crippen LogP contribution < -0.4 is 5.32 Å². The minimum atomic E-state index is -1.51. The highest BCUT2D eigenvalue weighted by Gasteiger charge is 2.17. The molecule has 0 aliphatic rings. The van der Waals surface area contributed by atoms with E-state index in [1.54, 1.807) is 0 Å². The SMILES string of the molecule is O=C(O)c1ccc(NCCCCO)c(F)c1F. The Labute approximate surface area is 96.9 Å². The van der Waals surface area contributed by atoms with Crippen molar-refractivity contribution in [1.82, 2.24) is 0 Å². The molecule has 0 atom stereocenters. The maximum absolute atomic E-state index is 13.4. The van der Waals surface area contributed by atoms with Crippen LogP contribution >= 0.6 is 0 Å². The van der Waals surface area contributed by atoms with Gasteiger partial charge in [0, 0.05) is 13.2 Å². The molecule has 0 aliphatic carbocycles. The molecule has 0 unspecified atom stereocenters. The van der Waals surface area contributed by atoms with Gasteiger partial charge in [0.25, 0.3) is 0 Å². The summed E-state index contributed by atoms with van der Waals surface area (Å²) >= 11 is 0. The van der Waals surface area contributed by atoms with Crippen LogP contribution in [0.1, 0.15) is 23.2 Å². The number of halogens is 2. The number of aliphatic hydroxyl groups excluding tert-OH is 1. The summed E-state index contributed by atoms with van der Waals surface area (Å²) in [4.78, 5) is 10.5. The highest BCUT2D eigenvalue weighted by atomic mass is 19.2. The third-order valence-electron chi connectivity index (χ3n) is 2.21. The van der Waals surface area contributed by atoms with Crippen molar-refractivity contribution >= 4 is 11.7 Å². The van der Waals surface area contributed by atoms with E-state index in [-0.39, 0.29) is 12.3 Å². The maximum Gasteiger partial charge on any atom is 0.338 e. The molecule has 1 aromatic rings. The Balaban J connectivity index is 2.75. The molecule has 0 bridgehead atoms. The first-order valence-electron chi connectivity index (χ1n) is 5.14. The minimum Gasteiger partial charge on any atom is -0.478 e. The van der Waals surface area contributed by atoms with Crippen molar-refractivity contribution in [3.8, 4) is 0 Å². The van der Waals surface area contributed by atoms with E-state index in [2.05, 4.69) is 5.32 Å². The smallest absolute Gasteiger partial charge is 0.338 e. The van der Waals surface area contributed by atoms with Gasteiger partial charge in [0.15, 0.2) is 11.6 Å². The molecular weight excluding hydrogens is 232 g/mol. The number of carbonyl (C=O) groups is 1. The first-order valence-corrected chi connectivity index (χ1v) is 5.14. The zero-order valence-corrected chi connectivity index (χ0v) is 9.04. The van der Waals surface area contributed by atoms with Crippen LogP contribution in [-0.2, 0) is 0 Å². The molecule has 0 radical (unpaired) electrons. The normalized spacial score (nSPS) is 10.3. The summed E-state index contributed by atoms with van der Waals surface area (Å²) in [6.07, 6.45) is 1.17. The lowest BCUT2D eigenvalue weighted by molar-refractivity contribution is 0.0690. The number of nitrogens with one attached hydrogen (secondary N) is 1. The van der Waals surface area contributed by atoms with Crippen LogP contribution in [0.3, 0.4) is 0 Å². The highest BCUT2D eigenvalue weighted by molar-refractivity contribution is 5.88. The first-order chi connectivity index (χ1) is 8.07. The molecule has 0 saturated heterocycles. The number of unbranched alkanes of at least 4 members (excludes halogenated alkanes) is 1. The summed E-state index contributed by atoms with van der Waals surface area (Å²) in [5.74, 6) is -4.08. The van der Waals surface area contributed by atoms with Crippen LogP contribution in [0, 0.1) is 11.6 Å². The summed E-state index contributed by atoms with van der Waals surface area (Å²) in [7, 11) is 0. The fourth-order valence-electron chi connectivity index (χ4n) is 1.31. The van der Waals surface area contributed by atoms with E-state index in [1.807, 2.05) is 0 Å². The molecule has 0 saturated carbocycles. The number of rotatable bonds is 6. The Bertz CT molecular complexity index is 410. The van der Waals surface area contributed by atoms with Crippen molar-refractivity contribution in [2.45, 2.75) is 12.8 Å². The lowest BCUT2D eigenvalue weighted by atomic mass is 10.1. The Morgan fingerprint density at radius 3 is 2.53 bits per heavy atom. The van der Waals surface area contributed by atoms with E-state index in [1.165, 1.54) is 6.07 Å². The van der Waals surface area contributed by atoms with Gasteiger partial charge >= 0.3 is 5.97 Å². The van der Waals surface area contributed by atoms with Gasteiger partial charge in [-0.1, -0.05) is 0 Å². The van der Waals surface area contributed by atoms with Crippen molar-refractivity contribution in [3.63, 3.8) is 0 Å². The quantitative estimate of drug-likeness (QED) is 0.669. The second-order valence-electron chi connectivity index (χ2n) is 3.45. The predicted molar refractivity (Wildman–Crippen MR) is 58.1 cm³/mol. The number of anilines is 1. The molecule has 3 N–H and O–H groups in total. The van der Waals surface area contributed by atoms with E-state index in [0.717, 1.165) is 6.07 Å². The molecule has 0 aliphatic heterocycles. The number of carboxylic acid groups (broad SMARTS) is 1. The number of aromatic carboxylic acids is 1. The van der Waals surface area contributed by atoms with E-state index in [0.29, 0.717) is 19.4 Å². The molecule has 94 valence electrons. The van der Waals surface area contributed by atoms with Crippen LogP contribution in [0.5, 0.6) is 0 Å². The summed E-state index contributed by atoms with van der Waals surface area (Å²) in [5, 5.41) is 19.7. The van der Waals surface area contributed by atoms with Crippen molar-refractivity contribution in [2.75, 3.05) is 18.5 Å². The largest absolute Gasteiger partial charge is 0.478 e. The van der Waals surface area contributed by atoms with Crippen LogP contribution in [0.2, 0.25) is 0 Å². The van der Waals surface area contributed by atoms with E-state index < -0.39 is 23.2 Å². The van der Waals surface area contributed by atoms with Gasteiger partial charge in [0.1, 0.15) is 0 Å². The van der Waals surface area contributed by atoms with Crippen LogP contribution in [0.15, 0.2) is 12.1 Å². The Kier molecular flexibility index (Phi) is 4.84. The van der Waals surface area contributed by atoms with E-state index in [4.69, 9.17) is 10.2 Å². The molecule has 1 aromatic carbocycles. The van der Waals surface area contributed by atoms with Crippen molar-refractivity contribution in [2.24, 2.45) is 0 Å². The zero-order valence-electron chi connectivity index (χ0n) is 9.04. The summed E-state index contributed by atoms with van der Waals surface area (Å²) < 4.78 is 26.6. The molecule has 6 heteroatoms. The molecule has 17 heavy (non-hydrogen) atoms. The second-order valence-corrected chi connectivity index (χ2v) is 3.45. The molecule has 0 aromatic heterocycles. The third kappa shape index (κ3) is 3.39. The van der Waals surface area contributed by atoms with Crippen molar-refractivity contribution < 1.29 is 23.8 Å². The molecule has 0 amide bonds. The average Bonchev–Trinajstić information content (AvgIpc) is 2.29. The van der Waals surface area contributed by atoms with Gasteiger partial charge in [-0.05, 0) is 25.0 Å². The number of hydrogen-bond donors (Lipinski definition) is 3. The minimum absolute atomic E-state index is 0.0382. The number of carboxylic acids is 1. The van der Waals surface area contributed by atoms with Gasteiger partial charge in [0.05, 0.1) is 11.3 Å². The zero-order chi connectivity index (χ0) is 12.8. The van der Waals surface area contributed by atoms with E-state index >= 15 is 0 Å². The Hall–Kier alpha value is -1.69. The third-order valence-corrected chi connectivity index (χ3v) is 2.21. The number of aliphatic hydroxyl groups is 1. The van der Waals surface area contributed by atoms with Crippen molar-refractivity contribution in [1.29, 1.82) is 0 Å².